The highest BCUT2D eigenvalue weighted by molar-refractivity contribution is 6.36. The maximum Gasteiger partial charge on any atom is 0.250 e. The number of aryl methyl sites for hydroxylation is 1. The molecule has 2 aromatic rings. The van der Waals surface area contributed by atoms with Gasteiger partial charge in [-0.2, -0.15) is 0 Å². The van der Waals surface area contributed by atoms with Crippen molar-refractivity contribution in [3.63, 3.8) is 0 Å². The molecule has 31 heavy (non-hydrogen) atoms. The molecule has 8 heteroatoms. The van der Waals surface area contributed by atoms with Crippen LogP contribution in [0.3, 0.4) is 0 Å². The minimum absolute atomic E-state index is 0.176. The average molecular weight is 456 g/mol. The van der Waals surface area contributed by atoms with Crippen molar-refractivity contribution in [3.05, 3.63) is 57.6 Å². The van der Waals surface area contributed by atoms with Crippen molar-refractivity contribution in [1.29, 1.82) is 0 Å². The second-order valence-electron chi connectivity index (χ2n) is 8.74. The molecule has 1 N–H and O–H groups in total. The molecule has 2 aromatic carbocycles. The zero-order valence-corrected chi connectivity index (χ0v) is 18.2. The van der Waals surface area contributed by atoms with Crippen LogP contribution >= 0.6 is 23.2 Å². The van der Waals surface area contributed by atoms with Crippen LogP contribution in [0.25, 0.3) is 0 Å². The first-order valence-electron chi connectivity index (χ1n) is 10.4. The fraction of sp³-hybridized carbons (Fsp3) is 0.348. The molecule has 4 aliphatic heterocycles. The number of anilines is 2. The summed E-state index contributed by atoms with van der Waals surface area (Å²) in [5.74, 6) is -2.33. The summed E-state index contributed by atoms with van der Waals surface area (Å²) in [7, 11) is 0. The smallest absolute Gasteiger partial charge is 0.250 e. The minimum atomic E-state index is -1.24. The van der Waals surface area contributed by atoms with Crippen LogP contribution in [0.1, 0.15) is 24.0 Å². The van der Waals surface area contributed by atoms with Crippen LogP contribution in [0.5, 0.6) is 0 Å². The first kappa shape index (κ1) is 19.3. The summed E-state index contributed by atoms with van der Waals surface area (Å²) in [4.78, 5) is 44.5. The number of fused-ring (bicyclic) bond motifs is 7. The molecule has 6 nitrogen and oxygen atoms in total. The van der Waals surface area contributed by atoms with E-state index in [0.717, 1.165) is 18.4 Å². The molecule has 6 rings (SSSR count). The number of benzene rings is 2. The zero-order chi connectivity index (χ0) is 21.7. The van der Waals surface area contributed by atoms with E-state index in [4.69, 9.17) is 23.2 Å². The van der Waals surface area contributed by atoms with Crippen molar-refractivity contribution in [2.24, 2.45) is 11.8 Å². The van der Waals surface area contributed by atoms with Gasteiger partial charge in [-0.3, -0.25) is 19.3 Å². The molecule has 4 heterocycles. The lowest BCUT2D eigenvalue weighted by Crippen LogP contribution is -2.54. The first-order chi connectivity index (χ1) is 14.9. The van der Waals surface area contributed by atoms with E-state index in [1.54, 1.807) is 36.4 Å². The Balaban J connectivity index is 1.60. The summed E-state index contributed by atoms with van der Waals surface area (Å²) in [5, 5.41) is 3.84. The second kappa shape index (κ2) is 6.31. The van der Waals surface area contributed by atoms with Gasteiger partial charge in [-0.25, -0.2) is 4.90 Å². The number of nitrogens with one attached hydrogen (secondary N) is 1. The third-order valence-electron chi connectivity index (χ3n) is 7.36. The second-order valence-corrected chi connectivity index (χ2v) is 9.58. The lowest BCUT2D eigenvalue weighted by Gasteiger charge is -2.36. The van der Waals surface area contributed by atoms with Gasteiger partial charge in [0.05, 0.1) is 22.5 Å². The third-order valence-corrected chi connectivity index (χ3v) is 7.89. The van der Waals surface area contributed by atoms with Gasteiger partial charge < -0.3 is 5.32 Å². The van der Waals surface area contributed by atoms with E-state index >= 15 is 0 Å². The van der Waals surface area contributed by atoms with Crippen LogP contribution in [0.15, 0.2) is 36.4 Å². The van der Waals surface area contributed by atoms with E-state index in [1.165, 1.54) is 4.90 Å². The summed E-state index contributed by atoms with van der Waals surface area (Å²) < 4.78 is 0. The van der Waals surface area contributed by atoms with E-state index in [9.17, 15) is 14.4 Å². The predicted molar refractivity (Wildman–Crippen MR) is 117 cm³/mol. The van der Waals surface area contributed by atoms with Gasteiger partial charge in [-0.05, 0) is 56.1 Å². The number of carbonyl (C=O) groups excluding carboxylic acids is 3. The number of hydrogen-bond donors (Lipinski definition) is 1. The zero-order valence-electron chi connectivity index (χ0n) is 16.7. The summed E-state index contributed by atoms with van der Waals surface area (Å²) in [6.07, 6.45) is 1.63. The molecule has 0 saturated carbocycles. The van der Waals surface area contributed by atoms with Gasteiger partial charge in [0.15, 0.2) is 0 Å². The minimum Gasteiger partial charge on any atom is -0.324 e. The number of para-hydroxylation sites is 1. The van der Waals surface area contributed by atoms with Gasteiger partial charge in [0.2, 0.25) is 17.7 Å². The highest BCUT2D eigenvalue weighted by Gasteiger charge is 2.74. The van der Waals surface area contributed by atoms with Crippen molar-refractivity contribution in [1.82, 2.24) is 4.90 Å². The van der Waals surface area contributed by atoms with Crippen LogP contribution < -0.4 is 10.2 Å². The highest BCUT2D eigenvalue weighted by Crippen LogP contribution is 2.61. The Hall–Kier alpha value is -2.41. The van der Waals surface area contributed by atoms with Crippen molar-refractivity contribution < 1.29 is 14.4 Å². The molecule has 0 aliphatic carbocycles. The summed E-state index contributed by atoms with van der Waals surface area (Å²) in [6.45, 7) is 2.54. The lowest BCUT2D eigenvalue weighted by molar-refractivity contribution is -0.135. The van der Waals surface area contributed by atoms with E-state index in [-0.39, 0.29) is 23.8 Å². The van der Waals surface area contributed by atoms with Crippen LogP contribution in [-0.2, 0) is 19.9 Å². The Kier molecular flexibility index (Phi) is 3.93. The van der Waals surface area contributed by atoms with Crippen LogP contribution in [-0.4, -0.2) is 35.2 Å². The normalized spacial score (nSPS) is 31.4. The molecule has 1 spiro atoms. The Labute approximate surface area is 189 Å². The molecule has 3 saturated heterocycles. The number of rotatable bonds is 1. The number of halogens is 2. The molecule has 158 valence electrons. The molecule has 3 amide bonds. The van der Waals surface area contributed by atoms with Crippen molar-refractivity contribution in [2.45, 2.75) is 31.3 Å². The van der Waals surface area contributed by atoms with Crippen molar-refractivity contribution in [3.8, 4) is 0 Å². The maximum atomic E-state index is 13.9. The fourth-order valence-electron chi connectivity index (χ4n) is 6.31. The highest BCUT2D eigenvalue weighted by atomic mass is 35.5. The van der Waals surface area contributed by atoms with Crippen LogP contribution in [0.4, 0.5) is 11.4 Å². The average Bonchev–Trinajstić information content (AvgIpc) is 3.42. The summed E-state index contributed by atoms with van der Waals surface area (Å²) >= 11 is 12.7. The summed E-state index contributed by atoms with van der Waals surface area (Å²) in [6, 6.07) is 10.2. The van der Waals surface area contributed by atoms with E-state index in [1.807, 2.05) is 6.92 Å². The van der Waals surface area contributed by atoms with Crippen molar-refractivity contribution >= 4 is 52.3 Å². The monoisotopic (exact) mass is 455 g/mol. The topological polar surface area (TPSA) is 69.7 Å². The number of amides is 3. The standard InChI is InChI=1S/C23H19Cl2N3O3/c1-11-9-12(24)10-13-19(11)26-22(31)23(13)18-17(16-7-4-8-27(16)23)20(29)28(21(18)30)15-6-3-2-5-14(15)25/h2-3,5-6,9-10,16-18H,4,7-8H2,1H3,(H,26,31)/t16-,17+,18-,23-/m0/s1. The molecule has 4 atom stereocenters. The lowest BCUT2D eigenvalue weighted by atomic mass is 9.75. The van der Waals surface area contributed by atoms with Crippen LogP contribution in [0, 0.1) is 18.8 Å². The number of imide groups is 1. The van der Waals surface area contributed by atoms with Crippen molar-refractivity contribution in [2.75, 3.05) is 16.8 Å². The molecule has 0 radical (unpaired) electrons. The van der Waals surface area contributed by atoms with Crippen LogP contribution in [0.2, 0.25) is 10.0 Å². The van der Waals surface area contributed by atoms with Gasteiger partial charge in [0, 0.05) is 22.3 Å². The molecule has 0 bridgehead atoms. The number of hydrogen-bond acceptors (Lipinski definition) is 4. The first-order valence-corrected chi connectivity index (χ1v) is 11.1. The number of nitrogens with zero attached hydrogens (tertiary/aromatic N) is 2. The Morgan fingerprint density at radius 3 is 2.65 bits per heavy atom. The SMILES string of the molecule is Cc1cc(Cl)cc2c1NC(=O)[C@@]21[C@@H]2C(=O)N(c3ccccc3Cl)C(=O)[C@@H]2[C@@H]2CCCN21. The molecular formula is C23H19Cl2N3O3. The van der Waals surface area contributed by atoms with E-state index in [0.29, 0.717) is 33.5 Å². The summed E-state index contributed by atoms with van der Waals surface area (Å²) in [5.41, 5.74) is 1.36. The third kappa shape index (κ3) is 2.20. The molecular weight excluding hydrogens is 437 g/mol. The Morgan fingerprint density at radius 2 is 1.87 bits per heavy atom. The van der Waals surface area contributed by atoms with Gasteiger partial charge >= 0.3 is 0 Å². The Bertz CT molecular complexity index is 1200. The Morgan fingerprint density at radius 1 is 1.10 bits per heavy atom. The maximum absolute atomic E-state index is 13.9. The number of carbonyl (C=O) groups is 3. The largest absolute Gasteiger partial charge is 0.324 e. The van der Waals surface area contributed by atoms with Gasteiger partial charge in [0.25, 0.3) is 0 Å². The van der Waals surface area contributed by atoms with E-state index < -0.39 is 17.4 Å². The van der Waals surface area contributed by atoms with Gasteiger partial charge in [-0.1, -0.05) is 35.3 Å². The molecule has 0 unspecified atom stereocenters. The quantitative estimate of drug-likeness (QED) is 0.665. The van der Waals surface area contributed by atoms with Gasteiger partial charge in [0.1, 0.15) is 5.54 Å². The molecule has 4 aliphatic rings. The predicted octanol–water partition coefficient (Wildman–Crippen LogP) is 3.73. The van der Waals surface area contributed by atoms with E-state index in [2.05, 4.69) is 10.2 Å². The molecule has 3 fully saturated rings. The fourth-order valence-corrected chi connectivity index (χ4v) is 6.80. The van der Waals surface area contributed by atoms with Gasteiger partial charge in [-0.15, -0.1) is 0 Å². The molecule has 0 aromatic heterocycles.